The maximum Gasteiger partial charge on any atom is 0.260 e. The van der Waals surface area contributed by atoms with E-state index in [1.165, 1.54) is 0 Å². The van der Waals surface area contributed by atoms with Crippen LogP contribution < -0.4 is 21.5 Å². The number of amides is 1. The minimum Gasteiger partial charge on any atom is -0.399 e. The van der Waals surface area contributed by atoms with Gasteiger partial charge in [0, 0.05) is 18.8 Å². The number of hydrogen-bond donors (Lipinski definition) is 3. The number of H-pyrrole nitrogens is 1. The van der Waals surface area contributed by atoms with E-state index in [1.54, 1.807) is 30.0 Å². The van der Waals surface area contributed by atoms with Gasteiger partial charge in [-0.3, -0.25) is 14.6 Å². The fraction of sp³-hybridized carbons (Fsp3) is 0.308. The van der Waals surface area contributed by atoms with Gasteiger partial charge in [-0.25, -0.2) is 4.98 Å². The molecule has 1 aliphatic rings. The summed E-state index contributed by atoms with van der Waals surface area (Å²) in [5, 5.41) is 3.22. The van der Waals surface area contributed by atoms with Gasteiger partial charge in [0.2, 0.25) is 11.9 Å². The third kappa shape index (κ3) is 1.97. The van der Waals surface area contributed by atoms with Crippen LogP contribution in [0.2, 0.25) is 0 Å². The number of hydrogen-bond acceptors (Lipinski definition) is 5. The maximum absolute atomic E-state index is 12.1. The third-order valence-corrected chi connectivity index (χ3v) is 3.49. The van der Waals surface area contributed by atoms with E-state index in [1.807, 2.05) is 0 Å². The number of piperazine rings is 1. The highest BCUT2D eigenvalue weighted by molar-refractivity contribution is 5.86. The molecular formula is C13H15N5O2. The van der Waals surface area contributed by atoms with Crippen LogP contribution >= 0.6 is 0 Å². The molecule has 4 N–H and O–H groups in total. The Kier molecular flexibility index (Phi) is 2.81. The number of benzene rings is 1. The molecule has 2 aromatic rings. The zero-order valence-corrected chi connectivity index (χ0v) is 11.0. The molecule has 1 amide bonds. The lowest BCUT2D eigenvalue weighted by Crippen LogP contribution is -2.54. The molecule has 0 bridgehead atoms. The van der Waals surface area contributed by atoms with Gasteiger partial charge in [0.25, 0.3) is 5.56 Å². The molecule has 1 unspecified atom stereocenters. The Morgan fingerprint density at radius 2 is 2.20 bits per heavy atom. The van der Waals surface area contributed by atoms with E-state index in [0.29, 0.717) is 35.6 Å². The first-order valence-corrected chi connectivity index (χ1v) is 6.40. The summed E-state index contributed by atoms with van der Waals surface area (Å²) in [5.41, 5.74) is 6.50. The van der Waals surface area contributed by atoms with Gasteiger partial charge in [-0.05, 0) is 25.1 Å². The first kappa shape index (κ1) is 12.5. The van der Waals surface area contributed by atoms with Crippen LogP contribution in [0.5, 0.6) is 0 Å². The van der Waals surface area contributed by atoms with Crippen LogP contribution in [0.1, 0.15) is 6.92 Å². The molecule has 3 rings (SSSR count). The second kappa shape index (κ2) is 4.52. The molecule has 0 spiro atoms. The number of rotatable bonds is 1. The quantitative estimate of drug-likeness (QED) is 0.626. The number of aromatic amines is 1. The number of nitrogen functional groups attached to an aromatic ring is 1. The summed E-state index contributed by atoms with van der Waals surface area (Å²) in [6.07, 6.45) is 0. The molecule has 0 aliphatic carbocycles. The largest absolute Gasteiger partial charge is 0.399 e. The summed E-state index contributed by atoms with van der Waals surface area (Å²) < 4.78 is 0. The highest BCUT2D eigenvalue weighted by Gasteiger charge is 2.27. The zero-order chi connectivity index (χ0) is 14.3. The number of anilines is 2. The second-order valence-electron chi connectivity index (χ2n) is 4.83. The van der Waals surface area contributed by atoms with E-state index in [9.17, 15) is 9.59 Å². The number of carbonyl (C=O) groups excluding carboxylic acids is 1. The summed E-state index contributed by atoms with van der Waals surface area (Å²) in [7, 11) is 0. The molecular weight excluding hydrogens is 258 g/mol. The van der Waals surface area contributed by atoms with Crippen LogP contribution in [0.3, 0.4) is 0 Å². The molecule has 0 radical (unpaired) electrons. The number of nitrogens with one attached hydrogen (secondary N) is 2. The number of nitrogens with zero attached hydrogens (tertiary/aromatic N) is 2. The first-order chi connectivity index (χ1) is 9.56. The molecule has 1 aliphatic heterocycles. The van der Waals surface area contributed by atoms with Crippen LogP contribution in [-0.4, -0.2) is 35.0 Å². The average molecular weight is 273 g/mol. The molecule has 7 heteroatoms. The number of aromatic nitrogens is 2. The monoisotopic (exact) mass is 273 g/mol. The van der Waals surface area contributed by atoms with Gasteiger partial charge in [-0.2, -0.15) is 0 Å². The van der Waals surface area contributed by atoms with E-state index in [0.717, 1.165) is 0 Å². The van der Waals surface area contributed by atoms with Crippen molar-refractivity contribution in [2.45, 2.75) is 13.0 Å². The lowest BCUT2D eigenvalue weighted by molar-refractivity contribution is -0.122. The Hall–Kier alpha value is -2.57. The molecule has 2 heterocycles. The summed E-state index contributed by atoms with van der Waals surface area (Å²) in [6, 6.07) is 4.64. The van der Waals surface area contributed by atoms with Gasteiger partial charge < -0.3 is 16.0 Å². The Labute approximate surface area is 114 Å². The number of fused-ring (bicyclic) bond motifs is 1. The standard InChI is InChI=1S/C13H15N5O2/c1-7-11(19)15-4-5-18(7)13-16-10-3-2-8(14)6-9(10)12(20)17-13/h2-3,6-7H,4-5,14H2,1H3,(H,15,19)(H,16,17,20). The minimum absolute atomic E-state index is 0.0729. The molecule has 1 fully saturated rings. The predicted octanol–water partition coefficient (Wildman–Crippen LogP) is -0.170. The smallest absolute Gasteiger partial charge is 0.260 e. The van der Waals surface area contributed by atoms with Gasteiger partial charge in [0.05, 0.1) is 10.9 Å². The van der Waals surface area contributed by atoms with E-state index in [4.69, 9.17) is 5.73 Å². The topological polar surface area (TPSA) is 104 Å². The normalized spacial score (nSPS) is 19.1. The SMILES string of the molecule is CC1C(=O)NCCN1c1nc2ccc(N)cc2c(=O)[nH]1. The van der Waals surface area contributed by atoms with Crippen molar-refractivity contribution >= 4 is 28.4 Å². The van der Waals surface area contributed by atoms with Gasteiger partial charge in [0.15, 0.2) is 0 Å². The fourth-order valence-electron chi connectivity index (χ4n) is 2.35. The Morgan fingerprint density at radius 1 is 1.40 bits per heavy atom. The zero-order valence-electron chi connectivity index (χ0n) is 11.0. The maximum atomic E-state index is 12.1. The second-order valence-corrected chi connectivity index (χ2v) is 4.83. The summed E-state index contributed by atoms with van der Waals surface area (Å²) in [6.45, 7) is 2.92. The van der Waals surface area contributed by atoms with Crippen molar-refractivity contribution in [3.63, 3.8) is 0 Å². The van der Waals surface area contributed by atoms with Crippen molar-refractivity contribution in [2.24, 2.45) is 0 Å². The molecule has 20 heavy (non-hydrogen) atoms. The molecule has 0 saturated carbocycles. The van der Waals surface area contributed by atoms with Crippen molar-refractivity contribution in [3.8, 4) is 0 Å². The Bertz CT molecular complexity index is 739. The summed E-state index contributed by atoms with van der Waals surface area (Å²) in [4.78, 5) is 32.7. The third-order valence-electron chi connectivity index (χ3n) is 3.49. The van der Waals surface area contributed by atoms with Gasteiger partial charge in [-0.1, -0.05) is 0 Å². The highest BCUT2D eigenvalue weighted by atomic mass is 16.2. The lowest BCUT2D eigenvalue weighted by atomic mass is 10.2. The summed E-state index contributed by atoms with van der Waals surface area (Å²) in [5.74, 6) is 0.339. The van der Waals surface area contributed by atoms with E-state index >= 15 is 0 Å². The van der Waals surface area contributed by atoms with Crippen molar-refractivity contribution in [2.75, 3.05) is 23.7 Å². The number of carbonyl (C=O) groups is 1. The Morgan fingerprint density at radius 3 is 3.00 bits per heavy atom. The van der Waals surface area contributed by atoms with Crippen LogP contribution in [0.15, 0.2) is 23.0 Å². The van der Waals surface area contributed by atoms with E-state index in [2.05, 4.69) is 15.3 Å². The lowest BCUT2D eigenvalue weighted by Gasteiger charge is -2.33. The molecule has 7 nitrogen and oxygen atoms in total. The van der Waals surface area contributed by atoms with Crippen molar-refractivity contribution in [1.29, 1.82) is 0 Å². The van der Waals surface area contributed by atoms with Gasteiger partial charge >= 0.3 is 0 Å². The van der Waals surface area contributed by atoms with Crippen LogP contribution in [0.25, 0.3) is 10.9 Å². The summed E-state index contributed by atoms with van der Waals surface area (Å²) >= 11 is 0. The van der Waals surface area contributed by atoms with Crippen molar-refractivity contribution < 1.29 is 4.79 Å². The van der Waals surface area contributed by atoms with Gasteiger partial charge in [0.1, 0.15) is 6.04 Å². The molecule has 1 saturated heterocycles. The molecule has 1 atom stereocenters. The Balaban J connectivity index is 2.11. The average Bonchev–Trinajstić information content (AvgIpc) is 2.42. The minimum atomic E-state index is -0.363. The highest BCUT2D eigenvalue weighted by Crippen LogP contribution is 2.17. The van der Waals surface area contributed by atoms with E-state index < -0.39 is 0 Å². The van der Waals surface area contributed by atoms with Crippen molar-refractivity contribution in [1.82, 2.24) is 15.3 Å². The predicted molar refractivity (Wildman–Crippen MR) is 76.6 cm³/mol. The van der Waals surface area contributed by atoms with Gasteiger partial charge in [-0.15, -0.1) is 0 Å². The van der Waals surface area contributed by atoms with E-state index in [-0.39, 0.29) is 17.5 Å². The number of nitrogens with two attached hydrogens (primary N) is 1. The molecule has 104 valence electrons. The molecule has 1 aromatic heterocycles. The van der Waals surface area contributed by atoms with Crippen molar-refractivity contribution in [3.05, 3.63) is 28.6 Å². The van der Waals surface area contributed by atoms with Crippen LogP contribution in [-0.2, 0) is 4.79 Å². The van der Waals surface area contributed by atoms with Crippen LogP contribution in [0, 0.1) is 0 Å². The first-order valence-electron chi connectivity index (χ1n) is 6.40. The van der Waals surface area contributed by atoms with Crippen LogP contribution in [0.4, 0.5) is 11.6 Å². The molecule has 1 aromatic carbocycles. The fourth-order valence-corrected chi connectivity index (χ4v) is 2.35.